The fourth-order valence-electron chi connectivity index (χ4n) is 2.39. The number of benzene rings is 1. The molecule has 116 valence electrons. The van der Waals surface area contributed by atoms with E-state index in [4.69, 9.17) is 4.42 Å². The van der Waals surface area contributed by atoms with Gasteiger partial charge in [0.1, 0.15) is 6.26 Å². The first-order valence-electron chi connectivity index (χ1n) is 6.76. The number of likely N-dealkylation sites (tertiary alicyclic amines) is 1. The Kier molecular flexibility index (Phi) is 3.84. The van der Waals surface area contributed by atoms with Gasteiger partial charge in [-0.15, -0.1) is 0 Å². The molecule has 0 radical (unpaired) electrons. The molecular formula is C14H13F2N3O3. The molecule has 1 fully saturated rings. The lowest BCUT2D eigenvalue weighted by Crippen LogP contribution is -2.51. The maximum absolute atomic E-state index is 12.7. The molecule has 1 aromatic heterocycles. The first-order valence-corrected chi connectivity index (χ1v) is 6.76. The van der Waals surface area contributed by atoms with Crippen LogP contribution in [0.2, 0.25) is 0 Å². The van der Waals surface area contributed by atoms with E-state index in [2.05, 4.69) is 4.98 Å². The van der Waals surface area contributed by atoms with E-state index in [1.807, 2.05) is 0 Å². The maximum atomic E-state index is 12.7. The van der Waals surface area contributed by atoms with Crippen LogP contribution in [0.3, 0.4) is 0 Å². The molecule has 2 aromatic rings. The van der Waals surface area contributed by atoms with Gasteiger partial charge in [0.15, 0.2) is 0 Å². The third-order valence-corrected chi connectivity index (χ3v) is 3.71. The molecule has 1 aromatic carbocycles. The Hall–Kier alpha value is -2.35. The highest BCUT2D eigenvalue weighted by Gasteiger charge is 2.35. The minimum absolute atomic E-state index is 0.0177. The molecule has 1 unspecified atom stereocenters. The highest BCUT2D eigenvalue weighted by Crippen LogP contribution is 2.27. The zero-order chi connectivity index (χ0) is 15.7. The van der Waals surface area contributed by atoms with Crippen LogP contribution in [0.15, 0.2) is 34.9 Å². The van der Waals surface area contributed by atoms with Crippen LogP contribution in [0.4, 0.5) is 14.5 Å². The number of hydrogen-bond acceptors (Lipinski definition) is 5. The number of nitro benzene ring substituents is 1. The van der Waals surface area contributed by atoms with Crippen molar-refractivity contribution in [2.75, 3.05) is 6.54 Å². The van der Waals surface area contributed by atoms with Crippen molar-refractivity contribution in [3.63, 3.8) is 0 Å². The molecule has 0 saturated carbocycles. The number of nitrogens with zero attached hydrogens (tertiary/aromatic N) is 3. The summed E-state index contributed by atoms with van der Waals surface area (Å²) in [5, 5.41) is 10.6. The van der Waals surface area contributed by atoms with Crippen LogP contribution in [-0.4, -0.2) is 33.8 Å². The Morgan fingerprint density at radius 2 is 2.14 bits per heavy atom. The van der Waals surface area contributed by atoms with Crippen LogP contribution in [0.5, 0.6) is 0 Å². The van der Waals surface area contributed by atoms with E-state index in [9.17, 15) is 18.9 Å². The quantitative estimate of drug-likeness (QED) is 0.627. The fraction of sp³-hybridized carbons (Fsp3) is 0.357. The van der Waals surface area contributed by atoms with Crippen molar-refractivity contribution >= 4 is 5.69 Å². The van der Waals surface area contributed by atoms with Crippen molar-refractivity contribution in [3.8, 4) is 11.5 Å². The molecule has 0 bridgehead atoms. The molecule has 0 aliphatic carbocycles. The zero-order valence-electron chi connectivity index (χ0n) is 11.5. The van der Waals surface area contributed by atoms with E-state index in [0.717, 1.165) is 0 Å². The summed E-state index contributed by atoms with van der Waals surface area (Å²) in [6.45, 7) is 0.931. The number of halogens is 2. The van der Waals surface area contributed by atoms with Gasteiger partial charge in [-0.05, 0) is 18.6 Å². The Morgan fingerprint density at radius 1 is 1.41 bits per heavy atom. The van der Waals surface area contributed by atoms with Crippen LogP contribution in [0, 0.1) is 10.1 Å². The van der Waals surface area contributed by atoms with Crippen molar-refractivity contribution in [2.24, 2.45) is 0 Å². The van der Waals surface area contributed by atoms with Gasteiger partial charge in [0.2, 0.25) is 5.89 Å². The largest absolute Gasteiger partial charge is 0.444 e. The number of aromatic nitrogens is 1. The standard InChI is InChI=1S/C14H13F2N3O3/c15-13(16)12-5-6-18(12)7-10-8-22-14(17-10)9-1-3-11(4-2-9)19(20)21/h1-4,8,12-13H,5-7H2. The number of rotatable bonds is 5. The summed E-state index contributed by atoms with van der Waals surface area (Å²) in [6.07, 6.45) is -0.433. The second-order valence-corrected chi connectivity index (χ2v) is 5.11. The Bertz CT molecular complexity index is 672. The highest BCUT2D eigenvalue weighted by molar-refractivity contribution is 5.55. The third-order valence-electron chi connectivity index (χ3n) is 3.71. The molecule has 2 heterocycles. The maximum Gasteiger partial charge on any atom is 0.269 e. The third kappa shape index (κ3) is 2.82. The number of alkyl halides is 2. The monoisotopic (exact) mass is 309 g/mol. The average Bonchev–Trinajstić information content (AvgIpc) is 2.91. The van der Waals surface area contributed by atoms with Gasteiger partial charge in [0, 0.05) is 30.8 Å². The minimum atomic E-state index is -2.35. The molecular weight excluding hydrogens is 296 g/mol. The summed E-state index contributed by atoms with van der Waals surface area (Å²) in [5.74, 6) is 0.319. The van der Waals surface area contributed by atoms with Crippen LogP contribution < -0.4 is 0 Å². The number of nitro groups is 1. The van der Waals surface area contributed by atoms with Crippen molar-refractivity contribution in [2.45, 2.75) is 25.4 Å². The molecule has 8 heteroatoms. The lowest BCUT2D eigenvalue weighted by Gasteiger charge is -2.39. The summed E-state index contributed by atoms with van der Waals surface area (Å²) >= 11 is 0. The predicted molar refractivity (Wildman–Crippen MR) is 73.4 cm³/mol. The molecule has 1 aliphatic rings. The number of non-ortho nitro benzene ring substituents is 1. The second kappa shape index (κ2) is 5.80. The average molecular weight is 309 g/mol. The Balaban J connectivity index is 1.69. The van der Waals surface area contributed by atoms with Crippen molar-refractivity contribution in [1.29, 1.82) is 0 Å². The first kappa shape index (κ1) is 14.6. The SMILES string of the molecule is O=[N+]([O-])c1ccc(-c2nc(CN3CCC3C(F)F)co2)cc1. The lowest BCUT2D eigenvalue weighted by molar-refractivity contribution is -0.384. The molecule has 22 heavy (non-hydrogen) atoms. The normalized spacial score (nSPS) is 18.4. The van der Waals surface area contributed by atoms with Gasteiger partial charge in [-0.3, -0.25) is 15.0 Å². The molecule has 1 aliphatic heterocycles. The van der Waals surface area contributed by atoms with E-state index in [1.165, 1.54) is 18.4 Å². The first-order chi connectivity index (χ1) is 10.5. The lowest BCUT2D eigenvalue weighted by atomic mass is 10.0. The molecule has 6 nitrogen and oxygen atoms in total. The topological polar surface area (TPSA) is 72.4 Å². The van der Waals surface area contributed by atoms with E-state index in [1.54, 1.807) is 17.0 Å². The molecule has 0 spiro atoms. The summed E-state index contributed by atoms with van der Waals surface area (Å²) in [4.78, 5) is 16.0. The van der Waals surface area contributed by atoms with Gasteiger partial charge in [-0.2, -0.15) is 0 Å². The van der Waals surface area contributed by atoms with Gasteiger partial charge in [0.05, 0.1) is 16.7 Å². The molecule has 0 amide bonds. The summed E-state index contributed by atoms with van der Waals surface area (Å²) in [7, 11) is 0. The molecule has 1 saturated heterocycles. The Morgan fingerprint density at radius 3 is 2.68 bits per heavy atom. The summed E-state index contributed by atoms with van der Waals surface area (Å²) in [6, 6.07) is 5.10. The van der Waals surface area contributed by atoms with E-state index in [-0.39, 0.29) is 5.69 Å². The van der Waals surface area contributed by atoms with E-state index < -0.39 is 17.4 Å². The van der Waals surface area contributed by atoms with Gasteiger partial charge in [-0.1, -0.05) is 0 Å². The van der Waals surface area contributed by atoms with Gasteiger partial charge >= 0.3 is 0 Å². The second-order valence-electron chi connectivity index (χ2n) is 5.11. The number of oxazole rings is 1. The summed E-state index contributed by atoms with van der Waals surface area (Å²) < 4.78 is 30.7. The summed E-state index contributed by atoms with van der Waals surface area (Å²) in [5.41, 5.74) is 1.15. The van der Waals surface area contributed by atoms with Crippen LogP contribution in [-0.2, 0) is 6.54 Å². The van der Waals surface area contributed by atoms with Crippen LogP contribution in [0.25, 0.3) is 11.5 Å². The zero-order valence-corrected chi connectivity index (χ0v) is 11.5. The highest BCUT2D eigenvalue weighted by atomic mass is 19.3. The van der Waals surface area contributed by atoms with Crippen molar-refractivity contribution < 1.29 is 18.1 Å². The van der Waals surface area contributed by atoms with Crippen molar-refractivity contribution in [3.05, 3.63) is 46.3 Å². The van der Waals surface area contributed by atoms with Gasteiger partial charge < -0.3 is 4.42 Å². The molecule has 1 atom stereocenters. The number of hydrogen-bond donors (Lipinski definition) is 0. The minimum Gasteiger partial charge on any atom is -0.444 e. The van der Waals surface area contributed by atoms with Crippen LogP contribution >= 0.6 is 0 Å². The Labute approximate surface area is 124 Å². The molecule has 0 N–H and O–H groups in total. The van der Waals surface area contributed by atoms with Gasteiger partial charge in [-0.25, -0.2) is 13.8 Å². The molecule has 3 rings (SSSR count). The fourth-order valence-corrected chi connectivity index (χ4v) is 2.39. The predicted octanol–water partition coefficient (Wildman–Crippen LogP) is 3.09. The van der Waals surface area contributed by atoms with E-state index >= 15 is 0 Å². The van der Waals surface area contributed by atoms with Crippen molar-refractivity contribution in [1.82, 2.24) is 9.88 Å². The smallest absolute Gasteiger partial charge is 0.269 e. The van der Waals surface area contributed by atoms with Crippen LogP contribution in [0.1, 0.15) is 12.1 Å². The van der Waals surface area contributed by atoms with Gasteiger partial charge in [0.25, 0.3) is 12.1 Å². The van der Waals surface area contributed by atoms with E-state index in [0.29, 0.717) is 36.7 Å².